The monoisotopic (exact) mass is 458 g/mol. The number of hydrogen-bond acceptors (Lipinski definition) is 7. The number of hydrogen-bond donors (Lipinski definition) is 0. The average Bonchev–Trinajstić information content (AvgIpc) is 3.45. The molecule has 0 N–H and O–H groups in total. The van der Waals surface area contributed by atoms with Gasteiger partial charge in [0.15, 0.2) is 5.69 Å². The van der Waals surface area contributed by atoms with Crippen LogP contribution in [0.2, 0.25) is 0 Å². The predicted molar refractivity (Wildman–Crippen MR) is 108 cm³/mol. The summed E-state index contributed by atoms with van der Waals surface area (Å²) in [4.78, 5) is 4.32. The molecule has 8 nitrogen and oxygen atoms in total. The van der Waals surface area contributed by atoms with E-state index < -0.39 is 6.36 Å². The minimum atomic E-state index is -4.75. The highest BCUT2D eigenvalue weighted by Gasteiger charge is 2.31. The molecule has 170 valence electrons. The fraction of sp³-hybridized carbons (Fsp3) is 0.227. The molecule has 1 aliphatic rings. The Hall–Kier alpha value is -3.86. The van der Waals surface area contributed by atoms with Gasteiger partial charge in [0.1, 0.15) is 17.6 Å². The van der Waals surface area contributed by atoms with Crippen molar-refractivity contribution in [3.05, 3.63) is 65.9 Å². The van der Waals surface area contributed by atoms with Crippen LogP contribution in [0.4, 0.5) is 13.2 Å². The third-order valence-electron chi connectivity index (χ3n) is 5.11. The topological polar surface area (TPSA) is 84.4 Å². The Kier molecular flexibility index (Phi) is 5.25. The summed E-state index contributed by atoms with van der Waals surface area (Å²) < 4.78 is 59.2. The lowest BCUT2D eigenvalue weighted by molar-refractivity contribution is -0.274. The van der Waals surface area contributed by atoms with Crippen LogP contribution in [0.1, 0.15) is 17.4 Å². The number of fused-ring (bicyclic) bond motifs is 1. The zero-order chi connectivity index (χ0) is 23.0. The molecule has 0 radical (unpaired) electrons. The Morgan fingerprint density at radius 2 is 1.76 bits per heavy atom. The van der Waals surface area contributed by atoms with Gasteiger partial charge in [0.25, 0.3) is 5.89 Å². The van der Waals surface area contributed by atoms with E-state index in [4.69, 9.17) is 14.0 Å². The molecule has 11 heteroatoms. The maximum Gasteiger partial charge on any atom is 0.573 e. The van der Waals surface area contributed by atoms with E-state index in [2.05, 4.69) is 20.0 Å². The third kappa shape index (κ3) is 4.53. The van der Waals surface area contributed by atoms with Crippen molar-refractivity contribution in [3.63, 3.8) is 0 Å². The average molecular weight is 458 g/mol. The van der Waals surface area contributed by atoms with Gasteiger partial charge in [0, 0.05) is 5.56 Å². The SMILES string of the molecule is COc1ccc([C@@H]2Cn3nc(-c4nc(-c5ccc(OC(F)(F)F)cc5)no4)cc3CO2)cc1. The van der Waals surface area contributed by atoms with Gasteiger partial charge >= 0.3 is 6.36 Å². The largest absolute Gasteiger partial charge is 0.573 e. The molecule has 0 aliphatic carbocycles. The zero-order valence-corrected chi connectivity index (χ0v) is 17.2. The van der Waals surface area contributed by atoms with Crippen LogP contribution in [0, 0.1) is 0 Å². The van der Waals surface area contributed by atoms with Crippen LogP contribution in [0.5, 0.6) is 11.5 Å². The summed E-state index contributed by atoms with van der Waals surface area (Å²) in [6.45, 7) is 0.884. The molecule has 0 unspecified atom stereocenters. The normalized spacial score (nSPS) is 15.8. The second kappa shape index (κ2) is 8.24. The van der Waals surface area contributed by atoms with Gasteiger partial charge in [0.05, 0.1) is 26.0 Å². The molecule has 2 aromatic heterocycles. The van der Waals surface area contributed by atoms with Crippen molar-refractivity contribution in [3.8, 4) is 34.5 Å². The highest BCUT2D eigenvalue weighted by molar-refractivity contribution is 5.59. The van der Waals surface area contributed by atoms with Crippen LogP contribution in [0.25, 0.3) is 23.0 Å². The fourth-order valence-electron chi connectivity index (χ4n) is 3.50. The van der Waals surface area contributed by atoms with E-state index in [0.717, 1.165) is 17.0 Å². The van der Waals surface area contributed by atoms with Gasteiger partial charge in [-0.25, -0.2) is 0 Å². The lowest BCUT2D eigenvalue weighted by Crippen LogP contribution is -2.21. The number of nitrogens with zero attached hydrogens (tertiary/aromatic N) is 4. The lowest BCUT2D eigenvalue weighted by atomic mass is 10.1. The van der Waals surface area contributed by atoms with Gasteiger partial charge in [-0.05, 0) is 48.0 Å². The molecule has 3 heterocycles. The molecule has 2 aromatic carbocycles. The highest BCUT2D eigenvalue weighted by atomic mass is 19.4. The second-order valence-corrected chi connectivity index (χ2v) is 7.27. The van der Waals surface area contributed by atoms with E-state index >= 15 is 0 Å². The first-order chi connectivity index (χ1) is 15.9. The minimum absolute atomic E-state index is 0.160. The van der Waals surface area contributed by atoms with E-state index in [-0.39, 0.29) is 23.6 Å². The summed E-state index contributed by atoms with van der Waals surface area (Å²) in [7, 11) is 1.62. The molecule has 0 fully saturated rings. The molecule has 0 spiro atoms. The Morgan fingerprint density at radius 1 is 1.03 bits per heavy atom. The van der Waals surface area contributed by atoms with Crippen LogP contribution in [0.3, 0.4) is 0 Å². The first kappa shape index (κ1) is 21.0. The van der Waals surface area contributed by atoms with Crippen molar-refractivity contribution in [1.29, 1.82) is 0 Å². The Labute approximate surface area is 185 Å². The molecule has 4 aromatic rings. The van der Waals surface area contributed by atoms with Gasteiger partial charge in [-0.1, -0.05) is 17.3 Å². The minimum Gasteiger partial charge on any atom is -0.497 e. The van der Waals surface area contributed by atoms with Crippen molar-refractivity contribution < 1.29 is 31.9 Å². The first-order valence-corrected chi connectivity index (χ1v) is 9.90. The maximum atomic E-state index is 12.3. The number of halogens is 3. The molecular weight excluding hydrogens is 441 g/mol. The van der Waals surface area contributed by atoms with Crippen LogP contribution >= 0.6 is 0 Å². The van der Waals surface area contributed by atoms with Crippen molar-refractivity contribution in [1.82, 2.24) is 19.9 Å². The Bertz CT molecular complexity index is 1250. The fourth-order valence-corrected chi connectivity index (χ4v) is 3.50. The van der Waals surface area contributed by atoms with Gasteiger partial charge in [-0.2, -0.15) is 10.1 Å². The van der Waals surface area contributed by atoms with Gasteiger partial charge in [-0.15, -0.1) is 13.2 Å². The van der Waals surface area contributed by atoms with E-state index in [1.165, 1.54) is 24.3 Å². The number of methoxy groups -OCH3 is 1. The number of ether oxygens (including phenoxy) is 3. The summed E-state index contributed by atoms with van der Waals surface area (Å²) in [5, 5.41) is 8.47. The molecule has 0 bridgehead atoms. The Morgan fingerprint density at radius 3 is 2.45 bits per heavy atom. The van der Waals surface area contributed by atoms with Crippen LogP contribution in [-0.4, -0.2) is 33.4 Å². The van der Waals surface area contributed by atoms with Crippen molar-refractivity contribution >= 4 is 0 Å². The highest BCUT2D eigenvalue weighted by Crippen LogP contribution is 2.31. The number of rotatable bonds is 5. The van der Waals surface area contributed by atoms with E-state index in [1.807, 2.05) is 35.0 Å². The van der Waals surface area contributed by atoms with Gasteiger partial charge in [0.2, 0.25) is 5.82 Å². The van der Waals surface area contributed by atoms with Crippen molar-refractivity contribution in [2.45, 2.75) is 25.6 Å². The summed E-state index contributed by atoms with van der Waals surface area (Å²) >= 11 is 0. The summed E-state index contributed by atoms with van der Waals surface area (Å²) in [5.74, 6) is 0.861. The smallest absolute Gasteiger partial charge is 0.497 e. The molecular formula is C22H17F3N4O4. The molecule has 33 heavy (non-hydrogen) atoms. The van der Waals surface area contributed by atoms with Crippen molar-refractivity contribution in [2.75, 3.05) is 7.11 Å². The molecule has 1 aliphatic heterocycles. The van der Waals surface area contributed by atoms with Crippen LogP contribution in [0.15, 0.2) is 59.1 Å². The van der Waals surface area contributed by atoms with Crippen molar-refractivity contribution in [2.24, 2.45) is 0 Å². The predicted octanol–water partition coefficient (Wildman–Crippen LogP) is 4.78. The summed E-state index contributed by atoms with van der Waals surface area (Å²) in [6, 6.07) is 14.7. The Balaban J connectivity index is 1.31. The number of alkyl halides is 3. The quantitative estimate of drug-likeness (QED) is 0.426. The van der Waals surface area contributed by atoms with E-state index in [0.29, 0.717) is 24.4 Å². The molecule has 0 amide bonds. The maximum absolute atomic E-state index is 12.3. The van der Waals surface area contributed by atoms with E-state index in [9.17, 15) is 13.2 Å². The first-order valence-electron chi connectivity index (χ1n) is 9.90. The van der Waals surface area contributed by atoms with Gasteiger partial charge < -0.3 is 18.7 Å². The van der Waals surface area contributed by atoms with E-state index in [1.54, 1.807) is 7.11 Å². The second-order valence-electron chi connectivity index (χ2n) is 7.27. The number of aromatic nitrogens is 4. The van der Waals surface area contributed by atoms with Crippen LogP contribution < -0.4 is 9.47 Å². The zero-order valence-electron chi connectivity index (χ0n) is 17.2. The lowest BCUT2D eigenvalue weighted by Gasteiger charge is -2.24. The molecule has 5 rings (SSSR count). The molecule has 0 saturated carbocycles. The third-order valence-corrected chi connectivity index (χ3v) is 5.11. The molecule has 1 atom stereocenters. The standard InChI is InChI=1S/C22H17F3N4O4/c1-30-16-6-2-13(3-7-16)19-11-29-15(12-31-19)10-18(27-29)21-26-20(28-33-21)14-4-8-17(9-5-14)32-22(23,24)25/h2-10,19H,11-12H2,1H3/t19-/m0/s1. The molecule has 0 saturated heterocycles. The van der Waals surface area contributed by atoms with Crippen LogP contribution in [-0.2, 0) is 17.9 Å². The number of benzene rings is 2. The van der Waals surface area contributed by atoms with Gasteiger partial charge in [-0.3, -0.25) is 4.68 Å². The summed E-state index contributed by atoms with van der Waals surface area (Å²) in [5.41, 5.74) is 2.84. The summed E-state index contributed by atoms with van der Waals surface area (Å²) in [6.07, 6.45) is -4.91.